The van der Waals surface area contributed by atoms with Crippen LogP contribution in [0.15, 0.2) is 48.8 Å². The number of aryl methyl sites for hydroxylation is 1. The zero-order valence-electron chi connectivity index (χ0n) is 13.8. The van der Waals surface area contributed by atoms with Gasteiger partial charge in [0.1, 0.15) is 6.33 Å². The first-order valence-electron chi connectivity index (χ1n) is 7.48. The normalized spacial score (nSPS) is 10.5. The summed E-state index contributed by atoms with van der Waals surface area (Å²) in [4.78, 5) is 22.8. The summed E-state index contributed by atoms with van der Waals surface area (Å²) in [5.74, 6) is 0.411. The van der Waals surface area contributed by atoms with Gasteiger partial charge in [-0.3, -0.25) is 4.79 Å². The SMILES string of the molecule is Cc1ccc(NC(=O)c2ncn(-c3ccccc3)n2)c(N(C)C)n1. The molecular weight excluding hydrogens is 304 g/mol. The number of nitrogens with one attached hydrogen (secondary N) is 1. The standard InChI is InChI=1S/C17H18N6O/c1-12-9-10-14(16(19-12)22(2)3)20-17(24)15-18-11-23(21-15)13-7-5-4-6-8-13/h4-11H,1-3H3,(H,20,24). The second-order valence-corrected chi connectivity index (χ2v) is 5.52. The van der Waals surface area contributed by atoms with Crippen LogP contribution in [-0.4, -0.2) is 39.8 Å². The van der Waals surface area contributed by atoms with Crippen LogP contribution in [0.4, 0.5) is 11.5 Å². The molecule has 122 valence electrons. The fourth-order valence-corrected chi connectivity index (χ4v) is 2.23. The second-order valence-electron chi connectivity index (χ2n) is 5.52. The van der Waals surface area contributed by atoms with Gasteiger partial charge in [-0.15, -0.1) is 5.10 Å². The van der Waals surface area contributed by atoms with Gasteiger partial charge in [-0.05, 0) is 31.2 Å². The van der Waals surface area contributed by atoms with E-state index in [1.807, 2.05) is 68.4 Å². The van der Waals surface area contributed by atoms with Crippen LogP contribution < -0.4 is 10.2 Å². The molecule has 0 unspecified atom stereocenters. The number of anilines is 2. The molecule has 0 radical (unpaired) electrons. The molecule has 0 fully saturated rings. The number of hydrogen-bond donors (Lipinski definition) is 1. The van der Waals surface area contributed by atoms with E-state index in [0.717, 1.165) is 11.4 Å². The van der Waals surface area contributed by atoms with Gasteiger partial charge in [-0.2, -0.15) is 0 Å². The number of benzene rings is 1. The van der Waals surface area contributed by atoms with Gasteiger partial charge < -0.3 is 10.2 Å². The highest BCUT2D eigenvalue weighted by molar-refractivity contribution is 6.03. The van der Waals surface area contributed by atoms with Crippen LogP contribution in [0.25, 0.3) is 5.69 Å². The highest BCUT2D eigenvalue weighted by atomic mass is 16.2. The van der Waals surface area contributed by atoms with E-state index in [9.17, 15) is 4.79 Å². The first kappa shape index (κ1) is 15.7. The zero-order chi connectivity index (χ0) is 17.1. The van der Waals surface area contributed by atoms with E-state index in [4.69, 9.17) is 0 Å². The number of pyridine rings is 1. The molecule has 0 bridgehead atoms. The van der Waals surface area contributed by atoms with E-state index >= 15 is 0 Å². The maximum atomic E-state index is 12.4. The molecule has 3 rings (SSSR count). The second kappa shape index (κ2) is 6.49. The number of rotatable bonds is 4. The molecule has 0 atom stereocenters. The lowest BCUT2D eigenvalue weighted by Crippen LogP contribution is -2.19. The van der Waals surface area contributed by atoms with Gasteiger partial charge in [0.15, 0.2) is 5.82 Å². The van der Waals surface area contributed by atoms with Crippen molar-refractivity contribution < 1.29 is 4.79 Å². The fraction of sp³-hybridized carbons (Fsp3) is 0.176. The number of carbonyl (C=O) groups excluding carboxylic acids is 1. The summed E-state index contributed by atoms with van der Waals surface area (Å²) in [6.07, 6.45) is 1.52. The van der Waals surface area contributed by atoms with Crippen molar-refractivity contribution in [3.8, 4) is 5.69 Å². The third-order valence-corrected chi connectivity index (χ3v) is 3.40. The number of carbonyl (C=O) groups is 1. The number of aromatic nitrogens is 4. The van der Waals surface area contributed by atoms with Crippen LogP contribution in [0, 0.1) is 6.92 Å². The van der Waals surface area contributed by atoms with Crippen LogP contribution in [0.1, 0.15) is 16.3 Å². The molecule has 7 heteroatoms. The average Bonchev–Trinajstić information content (AvgIpc) is 3.07. The molecule has 2 heterocycles. The summed E-state index contributed by atoms with van der Waals surface area (Å²) >= 11 is 0. The predicted molar refractivity (Wildman–Crippen MR) is 92.6 cm³/mol. The predicted octanol–water partition coefficient (Wildman–Crippen LogP) is 2.29. The molecule has 0 aliphatic carbocycles. The van der Waals surface area contributed by atoms with Crippen LogP contribution >= 0.6 is 0 Å². The molecule has 24 heavy (non-hydrogen) atoms. The van der Waals surface area contributed by atoms with Gasteiger partial charge in [0.25, 0.3) is 5.91 Å². The summed E-state index contributed by atoms with van der Waals surface area (Å²) in [6, 6.07) is 13.2. The molecule has 0 aliphatic rings. The van der Waals surface area contributed by atoms with E-state index in [1.165, 1.54) is 6.33 Å². The lowest BCUT2D eigenvalue weighted by atomic mass is 10.3. The molecule has 0 saturated heterocycles. The van der Waals surface area contributed by atoms with Crippen LogP contribution in [0.3, 0.4) is 0 Å². The highest BCUT2D eigenvalue weighted by Gasteiger charge is 2.15. The van der Waals surface area contributed by atoms with Gasteiger partial charge in [-0.25, -0.2) is 14.6 Å². The van der Waals surface area contributed by atoms with Gasteiger partial charge >= 0.3 is 0 Å². The number of para-hydroxylation sites is 1. The van der Waals surface area contributed by atoms with Gasteiger partial charge in [0, 0.05) is 19.8 Å². The minimum Gasteiger partial charge on any atom is -0.361 e. The maximum Gasteiger partial charge on any atom is 0.295 e. The van der Waals surface area contributed by atoms with E-state index in [-0.39, 0.29) is 11.7 Å². The lowest BCUT2D eigenvalue weighted by molar-refractivity contribution is 0.101. The third kappa shape index (κ3) is 3.24. The molecule has 0 aliphatic heterocycles. The van der Waals surface area contributed by atoms with Crippen molar-refractivity contribution in [1.29, 1.82) is 0 Å². The molecule has 1 aromatic carbocycles. The third-order valence-electron chi connectivity index (χ3n) is 3.40. The molecule has 1 amide bonds. The Morgan fingerprint density at radius 2 is 1.88 bits per heavy atom. The Kier molecular flexibility index (Phi) is 4.24. The Morgan fingerprint density at radius 3 is 2.58 bits per heavy atom. The summed E-state index contributed by atoms with van der Waals surface area (Å²) in [6.45, 7) is 1.90. The van der Waals surface area contributed by atoms with Crippen molar-refractivity contribution in [3.63, 3.8) is 0 Å². The van der Waals surface area contributed by atoms with Crippen LogP contribution in [-0.2, 0) is 0 Å². The van der Waals surface area contributed by atoms with Gasteiger partial charge in [-0.1, -0.05) is 18.2 Å². The fourth-order valence-electron chi connectivity index (χ4n) is 2.23. The Balaban J connectivity index is 1.83. The highest BCUT2D eigenvalue weighted by Crippen LogP contribution is 2.22. The van der Waals surface area contributed by atoms with Gasteiger partial charge in [0.2, 0.25) is 5.82 Å². The summed E-state index contributed by atoms with van der Waals surface area (Å²) in [7, 11) is 3.75. The van der Waals surface area contributed by atoms with E-state index in [1.54, 1.807) is 4.68 Å². The number of amides is 1. The number of nitrogens with zero attached hydrogens (tertiary/aromatic N) is 5. The topological polar surface area (TPSA) is 75.9 Å². The molecule has 2 aromatic heterocycles. The van der Waals surface area contributed by atoms with Crippen molar-refractivity contribution in [2.75, 3.05) is 24.3 Å². The minimum atomic E-state index is -0.376. The average molecular weight is 322 g/mol. The Hall–Kier alpha value is -3.22. The number of hydrogen-bond acceptors (Lipinski definition) is 5. The van der Waals surface area contributed by atoms with Crippen LogP contribution in [0.5, 0.6) is 0 Å². The van der Waals surface area contributed by atoms with E-state index in [2.05, 4.69) is 20.4 Å². The van der Waals surface area contributed by atoms with E-state index in [0.29, 0.717) is 11.5 Å². The van der Waals surface area contributed by atoms with Crippen molar-refractivity contribution in [3.05, 3.63) is 60.3 Å². The van der Waals surface area contributed by atoms with Gasteiger partial charge in [0.05, 0.1) is 11.4 Å². The molecule has 1 N–H and O–H groups in total. The zero-order valence-corrected chi connectivity index (χ0v) is 13.8. The molecule has 0 saturated carbocycles. The Labute approximate surface area is 140 Å². The molecule has 0 spiro atoms. The van der Waals surface area contributed by atoms with Crippen molar-refractivity contribution in [2.24, 2.45) is 0 Å². The molecule has 7 nitrogen and oxygen atoms in total. The van der Waals surface area contributed by atoms with E-state index < -0.39 is 0 Å². The minimum absolute atomic E-state index is 0.101. The molecular formula is C17H18N6O. The monoisotopic (exact) mass is 322 g/mol. The van der Waals surface area contributed by atoms with Crippen molar-refractivity contribution in [2.45, 2.75) is 6.92 Å². The Bertz CT molecular complexity index is 857. The first-order chi connectivity index (χ1) is 11.5. The Morgan fingerprint density at radius 1 is 1.12 bits per heavy atom. The lowest BCUT2D eigenvalue weighted by Gasteiger charge is -2.16. The summed E-state index contributed by atoms with van der Waals surface area (Å²) < 4.78 is 1.56. The molecule has 3 aromatic rings. The summed E-state index contributed by atoms with van der Waals surface area (Å²) in [5, 5.41) is 7.05. The first-order valence-corrected chi connectivity index (χ1v) is 7.48. The maximum absolute atomic E-state index is 12.4. The smallest absolute Gasteiger partial charge is 0.295 e. The largest absolute Gasteiger partial charge is 0.361 e. The van der Waals surface area contributed by atoms with Crippen molar-refractivity contribution in [1.82, 2.24) is 19.7 Å². The summed E-state index contributed by atoms with van der Waals surface area (Å²) in [5.41, 5.74) is 2.34. The van der Waals surface area contributed by atoms with Crippen molar-refractivity contribution >= 4 is 17.4 Å². The van der Waals surface area contributed by atoms with Crippen LogP contribution in [0.2, 0.25) is 0 Å². The quantitative estimate of drug-likeness (QED) is 0.797.